The van der Waals surface area contributed by atoms with E-state index in [1.54, 1.807) is 19.1 Å². The molecule has 0 saturated carbocycles. The lowest BCUT2D eigenvalue weighted by molar-refractivity contribution is 0.0693. The molecule has 0 fully saturated rings. The van der Waals surface area contributed by atoms with Crippen LogP contribution >= 0.6 is 11.6 Å². The van der Waals surface area contributed by atoms with Crippen LogP contribution in [0.15, 0.2) is 36.4 Å². The first-order valence-electron chi connectivity index (χ1n) is 5.99. The predicted molar refractivity (Wildman–Crippen MR) is 77.5 cm³/mol. The SMILES string of the molecule is Cc1ccc(C(=O)Nc2cccc(F)c2C(=O)O)cc1Cl. The van der Waals surface area contributed by atoms with Crippen molar-refractivity contribution in [1.82, 2.24) is 0 Å². The Morgan fingerprint density at radius 3 is 2.57 bits per heavy atom. The quantitative estimate of drug-likeness (QED) is 0.907. The molecule has 0 aliphatic carbocycles. The number of aryl methyl sites for hydroxylation is 1. The van der Waals surface area contributed by atoms with Gasteiger partial charge in [-0.3, -0.25) is 4.79 Å². The van der Waals surface area contributed by atoms with Gasteiger partial charge in [-0.05, 0) is 36.8 Å². The highest BCUT2D eigenvalue weighted by Gasteiger charge is 2.18. The van der Waals surface area contributed by atoms with Crippen molar-refractivity contribution in [2.45, 2.75) is 6.92 Å². The molecule has 4 nitrogen and oxygen atoms in total. The molecule has 0 unspecified atom stereocenters. The van der Waals surface area contributed by atoms with Crippen LogP contribution in [-0.2, 0) is 0 Å². The number of benzene rings is 2. The molecule has 0 aromatic heterocycles. The number of carboxylic acids is 1. The number of nitrogens with one attached hydrogen (secondary N) is 1. The number of carbonyl (C=O) groups excluding carboxylic acids is 1. The number of carbonyl (C=O) groups is 2. The van der Waals surface area contributed by atoms with Crippen LogP contribution in [0, 0.1) is 12.7 Å². The topological polar surface area (TPSA) is 66.4 Å². The minimum Gasteiger partial charge on any atom is -0.478 e. The number of anilines is 1. The summed E-state index contributed by atoms with van der Waals surface area (Å²) in [6.07, 6.45) is 0. The Labute approximate surface area is 125 Å². The molecule has 0 atom stereocenters. The number of rotatable bonds is 3. The second-order valence-electron chi connectivity index (χ2n) is 4.39. The second kappa shape index (κ2) is 5.93. The largest absolute Gasteiger partial charge is 0.478 e. The number of hydrogen-bond donors (Lipinski definition) is 2. The van der Waals surface area contributed by atoms with Crippen LogP contribution < -0.4 is 5.32 Å². The zero-order chi connectivity index (χ0) is 15.6. The van der Waals surface area contributed by atoms with Crippen molar-refractivity contribution in [3.05, 3.63) is 63.9 Å². The molecular weight excluding hydrogens is 297 g/mol. The minimum atomic E-state index is -1.45. The molecule has 0 bridgehead atoms. The molecule has 21 heavy (non-hydrogen) atoms. The van der Waals surface area contributed by atoms with Crippen molar-refractivity contribution >= 4 is 29.2 Å². The maximum Gasteiger partial charge on any atom is 0.340 e. The van der Waals surface area contributed by atoms with Crippen LogP contribution in [0.4, 0.5) is 10.1 Å². The molecule has 0 radical (unpaired) electrons. The Hall–Kier alpha value is -2.40. The van der Waals surface area contributed by atoms with Crippen LogP contribution in [0.3, 0.4) is 0 Å². The first kappa shape index (κ1) is 15.0. The molecular formula is C15H11ClFNO3. The van der Waals surface area contributed by atoms with Gasteiger partial charge in [0.1, 0.15) is 11.4 Å². The fourth-order valence-corrected chi connectivity index (χ4v) is 1.95. The van der Waals surface area contributed by atoms with E-state index in [-0.39, 0.29) is 11.3 Å². The Morgan fingerprint density at radius 1 is 1.24 bits per heavy atom. The summed E-state index contributed by atoms with van der Waals surface area (Å²) in [4.78, 5) is 23.1. The van der Waals surface area contributed by atoms with Gasteiger partial charge in [-0.2, -0.15) is 0 Å². The molecule has 0 aliphatic heterocycles. The highest BCUT2D eigenvalue weighted by atomic mass is 35.5. The lowest BCUT2D eigenvalue weighted by atomic mass is 10.1. The number of halogens is 2. The fourth-order valence-electron chi connectivity index (χ4n) is 1.77. The lowest BCUT2D eigenvalue weighted by Gasteiger charge is -2.09. The van der Waals surface area contributed by atoms with Crippen molar-refractivity contribution < 1.29 is 19.1 Å². The van der Waals surface area contributed by atoms with Crippen molar-refractivity contribution in [2.24, 2.45) is 0 Å². The Kier molecular flexibility index (Phi) is 4.23. The second-order valence-corrected chi connectivity index (χ2v) is 4.79. The minimum absolute atomic E-state index is 0.107. The Balaban J connectivity index is 2.34. The van der Waals surface area contributed by atoms with Gasteiger partial charge in [0, 0.05) is 10.6 Å². The van der Waals surface area contributed by atoms with Crippen molar-refractivity contribution in [3.63, 3.8) is 0 Å². The first-order valence-corrected chi connectivity index (χ1v) is 6.37. The van der Waals surface area contributed by atoms with Gasteiger partial charge in [0.05, 0.1) is 5.69 Å². The van der Waals surface area contributed by atoms with Gasteiger partial charge in [0.15, 0.2) is 0 Å². The van der Waals surface area contributed by atoms with E-state index in [0.717, 1.165) is 11.6 Å². The number of carboxylic acid groups (broad SMARTS) is 1. The van der Waals surface area contributed by atoms with Gasteiger partial charge in [0.25, 0.3) is 5.91 Å². The molecule has 6 heteroatoms. The van der Waals surface area contributed by atoms with Gasteiger partial charge in [-0.25, -0.2) is 9.18 Å². The van der Waals surface area contributed by atoms with Gasteiger partial charge in [-0.1, -0.05) is 23.7 Å². The molecule has 108 valence electrons. The van der Waals surface area contributed by atoms with E-state index in [1.165, 1.54) is 18.2 Å². The summed E-state index contributed by atoms with van der Waals surface area (Å²) in [6, 6.07) is 8.34. The zero-order valence-corrected chi connectivity index (χ0v) is 11.7. The molecule has 2 rings (SSSR count). The third-order valence-electron chi connectivity index (χ3n) is 2.91. The average molecular weight is 308 g/mol. The Bertz CT molecular complexity index is 731. The van der Waals surface area contributed by atoms with E-state index < -0.39 is 23.3 Å². The molecule has 0 aliphatic rings. The van der Waals surface area contributed by atoms with Gasteiger partial charge in [-0.15, -0.1) is 0 Å². The molecule has 0 saturated heterocycles. The summed E-state index contributed by atoms with van der Waals surface area (Å²) < 4.78 is 13.5. The highest BCUT2D eigenvalue weighted by molar-refractivity contribution is 6.31. The Morgan fingerprint density at radius 2 is 1.95 bits per heavy atom. The summed E-state index contributed by atoms with van der Waals surface area (Å²) in [5.41, 5.74) is 0.379. The predicted octanol–water partition coefficient (Wildman–Crippen LogP) is 3.74. The van der Waals surface area contributed by atoms with Crippen LogP contribution in [0.2, 0.25) is 5.02 Å². The highest BCUT2D eigenvalue weighted by Crippen LogP contribution is 2.21. The fraction of sp³-hybridized carbons (Fsp3) is 0.0667. The molecule has 0 spiro atoms. The molecule has 1 amide bonds. The van der Waals surface area contributed by atoms with E-state index in [2.05, 4.69) is 5.32 Å². The summed E-state index contributed by atoms with van der Waals surface area (Å²) in [5, 5.41) is 11.8. The average Bonchev–Trinajstić information content (AvgIpc) is 2.41. The maximum absolute atomic E-state index is 13.5. The molecule has 2 N–H and O–H groups in total. The van der Waals surface area contributed by atoms with Crippen molar-refractivity contribution in [2.75, 3.05) is 5.32 Å². The summed E-state index contributed by atoms with van der Waals surface area (Å²) in [6.45, 7) is 1.79. The van der Waals surface area contributed by atoms with E-state index in [1.807, 2.05) is 0 Å². The van der Waals surface area contributed by atoms with E-state index >= 15 is 0 Å². The number of amides is 1. The number of hydrogen-bond acceptors (Lipinski definition) is 2. The summed E-state index contributed by atoms with van der Waals surface area (Å²) >= 11 is 5.93. The van der Waals surface area contributed by atoms with Gasteiger partial charge >= 0.3 is 5.97 Å². The molecule has 2 aromatic rings. The molecule has 0 heterocycles. The lowest BCUT2D eigenvalue weighted by Crippen LogP contribution is -2.15. The van der Waals surface area contributed by atoms with E-state index in [0.29, 0.717) is 5.02 Å². The summed E-state index contributed by atoms with van der Waals surface area (Å²) in [5.74, 6) is -2.93. The summed E-state index contributed by atoms with van der Waals surface area (Å²) in [7, 11) is 0. The normalized spacial score (nSPS) is 10.2. The molecule has 2 aromatic carbocycles. The third-order valence-corrected chi connectivity index (χ3v) is 3.32. The third kappa shape index (κ3) is 3.20. The van der Waals surface area contributed by atoms with E-state index in [4.69, 9.17) is 16.7 Å². The van der Waals surface area contributed by atoms with Gasteiger partial charge in [0.2, 0.25) is 0 Å². The maximum atomic E-state index is 13.5. The monoisotopic (exact) mass is 307 g/mol. The zero-order valence-electron chi connectivity index (χ0n) is 11.0. The van der Waals surface area contributed by atoms with Crippen LogP contribution in [0.25, 0.3) is 0 Å². The smallest absolute Gasteiger partial charge is 0.340 e. The van der Waals surface area contributed by atoms with Crippen LogP contribution in [0.5, 0.6) is 0 Å². The van der Waals surface area contributed by atoms with Crippen LogP contribution in [0.1, 0.15) is 26.3 Å². The standard InChI is InChI=1S/C15H11ClFNO3/c1-8-5-6-9(7-10(8)16)14(19)18-12-4-2-3-11(17)13(12)15(20)21/h2-7H,1H3,(H,18,19)(H,20,21). The van der Waals surface area contributed by atoms with Gasteiger partial charge < -0.3 is 10.4 Å². The van der Waals surface area contributed by atoms with Crippen molar-refractivity contribution in [3.8, 4) is 0 Å². The van der Waals surface area contributed by atoms with Crippen LogP contribution in [-0.4, -0.2) is 17.0 Å². The first-order chi connectivity index (χ1) is 9.90. The van der Waals surface area contributed by atoms with Crippen molar-refractivity contribution in [1.29, 1.82) is 0 Å². The number of aromatic carboxylic acids is 1. The van der Waals surface area contributed by atoms with E-state index in [9.17, 15) is 14.0 Å².